The number of benzene rings is 1. The molecule has 0 bridgehead atoms. The number of halogens is 1. The van der Waals surface area contributed by atoms with Crippen molar-refractivity contribution in [1.29, 1.82) is 0 Å². The lowest BCUT2D eigenvalue weighted by atomic mass is 10.1. The SMILES string of the molecule is CCCCCCCc1ccc(OC)c(Cl)c1. The molecule has 0 aliphatic carbocycles. The van der Waals surface area contributed by atoms with Crippen LogP contribution < -0.4 is 4.74 Å². The molecule has 0 saturated heterocycles. The van der Waals surface area contributed by atoms with E-state index in [0.29, 0.717) is 5.02 Å². The van der Waals surface area contributed by atoms with E-state index >= 15 is 0 Å². The van der Waals surface area contributed by atoms with Gasteiger partial charge in [-0.1, -0.05) is 50.3 Å². The molecule has 16 heavy (non-hydrogen) atoms. The van der Waals surface area contributed by atoms with Crippen LogP contribution in [0, 0.1) is 0 Å². The number of unbranched alkanes of at least 4 members (excludes halogenated alkanes) is 4. The lowest BCUT2D eigenvalue weighted by Crippen LogP contribution is -1.89. The zero-order valence-corrected chi connectivity index (χ0v) is 11.0. The van der Waals surface area contributed by atoms with E-state index in [1.165, 1.54) is 37.7 Å². The molecular weight excluding hydrogens is 220 g/mol. The van der Waals surface area contributed by atoms with Crippen molar-refractivity contribution in [2.45, 2.75) is 45.4 Å². The van der Waals surface area contributed by atoms with Gasteiger partial charge in [0.1, 0.15) is 5.75 Å². The van der Waals surface area contributed by atoms with Gasteiger partial charge in [-0.05, 0) is 30.5 Å². The molecule has 1 aromatic rings. The molecule has 1 nitrogen and oxygen atoms in total. The van der Waals surface area contributed by atoms with Gasteiger partial charge in [0.15, 0.2) is 0 Å². The standard InChI is InChI=1S/C14H21ClO/c1-3-4-5-6-7-8-12-9-10-14(16-2)13(15)11-12/h9-11H,3-8H2,1-2H3. The maximum Gasteiger partial charge on any atom is 0.137 e. The highest BCUT2D eigenvalue weighted by Crippen LogP contribution is 2.25. The highest BCUT2D eigenvalue weighted by molar-refractivity contribution is 6.32. The lowest BCUT2D eigenvalue weighted by molar-refractivity contribution is 0.415. The smallest absolute Gasteiger partial charge is 0.137 e. The van der Waals surface area contributed by atoms with Gasteiger partial charge in [0.25, 0.3) is 0 Å². The third-order valence-corrected chi connectivity index (χ3v) is 3.08. The van der Waals surface area contributed by atoms with Crippen LogP contribution in [0.25, 0.3) is 0 Å². The minimum Gasteiger partial charge on any atom is -0.495 e. The molecule has 1 rings (SSSR count). The molecule has 0 atom stereocenters. The molecule has 0 unspecified atom stereocenters. The quantitative estimate of drug-likeness (QED) is 0.619. The summed E-state index contributed by atoms with van der Waals surface area (Å²) in [5.41, 5.74) is 1.31. The third kappa shape index (κ3) is 4.44. The molecule has 0 saturated carbocycles. The van der Waals surface area contributed by atoms with E-state index in [1.807, 2.05) is 12.1 Å². The Hall–Kier alpha value is -0.690. The maximum absolute atomic E-state index is 6.07. The Morgan fingerprint density at radius 1 is 1.12 bits per heavy atom. The molecule has 90 valence electrons. The Morgan fingerprint density at radius 2 is 1.88 bits per heavy atom. The van der Waals surface area contributed by atoms with E-state index in [1.54, 1.807) is 7.11 Å². The molecule has 1 aromatic carbocycles. The number of methoxy groups -OCH3 is 1. The average molecular weight is 241 g/mol. The number of rotatable bonds is 7. The Balaban J connectivity index is 2.34. The van der Waals surface area contributed by atoms with E-state index < -0.39 is 0 Å². The fourth-order valence-corrected chi connectivity index (χ4v) is 2.08. The molecule has 0 spiro atoms. The van der Waals surface area contributed by atoms with Crippen LogP contribution in [0.15, 0.2) is 18.2 Å². The first-order chi connectivity index (χ1) is 7.77. The second kappa shape index (κ2) is 7.56. The monoisotopic (exact) mass is 240 g/mol. The van der Waals surface area contributed by atoms with E-state index in [4.69, 9.17) is 16.3 Å². The number of hydrogen-bond acceptors (Lipinski definition) is 1. The summed E-state index contributed by atoms with van der Waals surface area (Å²) in [5.74, 6) is 0.761. The minimum atomic E-state index is 0.716. The predicted molar refractivity (Wildman–Crippen MR) is 70.5 cm³/mol. The lowest BCUT2D eigenvalue weighted by Gasteiger charge is -2.06. The fourth-order valence-electron chi connectivity index (χ4n) is 1.80. The first-order valence-electron chi connectivity index (χ1n) is 6.10. The van der Waals surface area contributed by atoms with Crippen molar-refractivity contribution in [2.24, 2.45) is 0 Å². The zero-order valence-electron chi connectivity index (χ0n) is 10.3. The van der Waals surface area contributed by atoms with E-state index in [-0.39, 0.29) is 0 Å². The maximum atomic E-state index is 6.07. The first kappa shape index (κ1) is 13.4. The van der Waals surface area contributed by atoms with Crippen LogP contribution in [-0.2, 0) is 6.42 Å². The van der Waals surface area contributed by atoms with Crippen LogP contribution in [-0.4, -0.2) is 7.11 Å². The Kier molecular flexibility index (Phi) is 6.32. The summed E-state index contributed by atoms with van der Waals surface area (Å²) in [6, 6.07) is 6.06. The largest absolute Gasteiger partial charge is 0.495 e. The molecule has 0 aliphatic rings. The molecule has 0 fully saturated rings. The van der Waals surface area contributed by atoms with Crippen molar-refractivity contribution in [3.63, 3.8) is 0 Å². The summed E-state index contributed by atoms with van der Waals surface area (Å²) in [6.45, 7) is 2.24. The van der Waals surface area contributed by atoms with E-state index in [0.717, 1.165) is 12.2 Å². The number of hydrogen-bond donors (Lipinski definition) is 0. The van der Waals surface area contributed by atoms with Gasteiger partial charge in [-0.15, -0.1) is 0 Å². The van der Waals surface area contributed by atoms with Crippen molar-refractivity contribution in [1.82, 2.24) is 0 Å². The van der Waals surface area contributed by atoms with Gasteiger partial charge in [-0.3, -0.25) is 0 Å². The zero-order chi connectivity index (χ0) is 11.8. The van der Waals surface area contributed by atoms with Gasteiger partial charge in [-0.25, -0.2) is 0 Å². The van der Waals surface area contributed by atoms with Crippen molar-refractivity contribution in [3.8, 4) is 5.75 Å². The second-order valence-electron chi connectivity index (χ2n) is 4.13. The summed E-state index contributed by atoms with van der Waals surface area (Å²) in [5, 5.41) is 0.716. The minimum absolute atomic E-state index is 0.716. The topological polar surface area (TPSA) is 9.23 Å². The van der Waals surface area contributed by atoms with Crippen LogP contribution in [0.2, 0.25) is 5.02 Å². The van der Waals surface area contributed by atoms with Gasteiger partial charge in [0, 0.05) is 0 Å². The highest BCUT2D eigenvalue weighted by atomic mass is 35.5. The third-order valence-electron chi connectivity index (χ3n) is 2.79. The summed E-state index contributed by atoms with van der Waals surface area (Å²) >= 11 is 6.07. The number of aryl methyl sites for hydroxylation is 1. The summed E-state index contributed by atoms with van der Waals surface area (Å²) in [4.78, 5) is 0. The summed E-state index contributed by atoms with van der Waals surface area (Å²) < 4.78 is 5.13. The van der Waals surface area contributed by atoms with Crippen LogP contribution in [0.5, 0.6) is 5.75 Å². The van der Waals surface area contributed by atoms with Crippen molar-refractivity contribution in [3.05, 3.63) is 28.8 Å². The van der Waals surface area contributed by atoms with Gasteiger partial charge >= 0.3 is 0 Å². The molecule has 2 heteroatoms. The Labute approximate surface area is 104 Å². The van der Waals surface area contributed by atoms with Gasteiger partial charge < -0.3 is 4.74 Å². The van der Waals surface area contributed by atoms with E-state index in [2.05, 4.69) is 13.0 Å². The molecular formula is C14H21ClO. The Bertz CT molecular complexity index is 310. The summed E-state index contributed by atoms with van der Waals surface area (Å²) in [6.07, 6.45) is 7.69. The molecule has 0 heterocycles. The second-order valence-corrected chi connectivity index (χ2v) is 4.54. The number of ether oxygens (including phenoxy) is 1. The molecule has 0 N–H and O–H groups in total. The molecule has 0 amide bonds. The molecule has 0 aromatic heterocycles. The van der Waals surface area contributed by atoms with Crippen molar-refractivity contribution < 1.29 is 4.74 Å². The first-order valence-corrected chi connectivity index (χ1v) is 6.48. The molecule has 0 radical (unpaired) electrons. The van der Waals surface area contributed by atoms with Gasteiger partial charge in [-0.2, -0.15) is 0 Å². The van der Waals surface area contributed by atoms with E-state index in [9.17, 15) is 0 Å². The van der Waals surface area contributed by atoms with Gasteiger partial charge in [0.05, 0.1) is 12.1 Å². The van der Waals surface area contributed by atoms with Gasteiger partial charge in [0.2, 0.25) is 0 Å². The fraction of sp³-hybridized carbons (Fsp3) is 0.571. The van der Waals surface area contributed by atoms with Crippen LogP contribution in [0.3, 0.4) is 0 Å². The Morgan fingerprint density at radius 3 is 2.50 bits per heavy atom. The normalized spacial score (nSPS) is 10.4. The molecule has 0 aliphatic heterocycles. The highest BCUT2D eigenvalue weighted by Gasteiger charge is 2.01. The van der Waals surface area contributed by atoms with Crippen molar-refractivity contribution >= 4 is 11.6 Å². The van der Waals surface area contributed by atoms with Crippen LogP contribution in [0.4, 0.5) is 0 Å². The predicted octanol–water partition coefficient (Wildman–Crippen LogP) is 4.86. The van der Waals surface area contributed by atoms with Crippen LogP contribution >= 0.6 is 11.6 Å². The summed E-state index contributed by atoms with van der Waals surface area (Å²) in [7, 11) is 1.64. The van der Waals surface area contributed by atoms with Crippen LogP contribution in [0.1, 0.15) is 44.6 Å². The van der Waals surface area contributed by atoms with Crippen molar-refractivity contribution in [2.75, 3.05) is 7.11 Å². The average Bonchev–Trinajstić information content (AvgIpc) is 2.29.